The zero-order valence-electron chi connectivity index (χ0n) is 32.2. The number of hydrogen-bond donors (Lipinski definition) is 4. The Hall–Kier alpha value is -2.74. The second-order valence-corrected chi connectivity index (χ2v) is 19.7. The Kier molecular flexibility index (Phi) is 14.6. The summed E-state index contributed by atoms with van der Waals surface area (Å²) in [5.74, 6) is -2.79. The van der Waals surface area contributed by atoms with Gasteiger partial charge in [0.15, 0.2) is 9.84 Å². The number of nitrogens with two attached hydrogens (primary N) is 1. The molecule has 5 N–H and O–H groups in total. The average molecular weight is 752 g/mol. The van der Waals surface area contributed by atoms with Crippen LogP contribution in [0.1, 0.15) is 137 Å². The fourth-order valence-electron chi connectivity index (χ4n) is 8.50. The number of sulfone groups is 1. The van der Waals surface area contributed by atoms with E-state index in [9.17, 15) is 32.4 Å². The second-order valence-electron chi connectivity index (χ2n) is 17.5. The maximum atomic E-state index is 14.7. The van der Waals surface area contributed by atoms with Gasteiger partial charge in [0.2, 0.25) is 17.6 Å². The van der Waals surface area contributed by atoms with Crippen molar-refractivity contribution in [3.63, 3.8) is 0 Å². The molecular weight excluding hydrogens is 687 g/mol. The van der Waals surface area contributed by atoms with Crippen LogP contribution in [0, 0.1) is 17.8 Å². The van der Waals surface area contributed by atoms with Crippen LogP contribution < -0.4 is 21.7 Å². The van der Waals surface area contributed by atoms with Crippen molar-refractivity contribution in [2.75, 3.05) is 18.1 Å². The maximum absolute atomic E-state index is 14.7. The molecule has 0 spiro atoms. The highest BCUT2D eigenvalue weighted by Gasteiger charge is 2.47. The number of urea groups is 1. The van der Waals surface area contributed by atoms with Crippen molar-refractivity contribution < 1.29 is 37.1 Å². The van der Waals surface area contributed by atoms with E-state index in [1.54, 1.807) is 0 Å². The summed E-state index contributed by atoms with van der Waals surface area (Å²) in [6.07, 6.45) is 11.2. The maximum Gasteiger partial charge on any atom is 0.315 e. The summed E-state index contributed by atoms with van der Waals surface area (Å²) < 4.78 is 32.8. The summed E-state index contributed by atoms with van der Waals surface area (Å²) in [6.45, 7) is 9.77. The standard InChI is InChI=1S/C38H65N5O8S/c1-25(2)17-20-52(49,50)24-38(18-10-7-11-19-38)42-36(48)41-31(27-15-8-6-9-16-27)35(47)43-23-28(51-37(3,4)5)22-30(43)34(46)40-29(32(44)33(39)45)21-26-13-12-14-26/h25-31H,6-24H2,1-5H3,(H2,39,45)(H,40,46)(H2,41,42,48)/t28?,29?,30?,31-/m0/s1. The van der Waals surface area contributed by atoms with Gasteiger partial charge < -0.3 is 31.3 Å². The third-order valence-corrected chi connectivity index (χ3v) is 13.3. The number of primary amides is 1. The highest BCUT2D eigenvalue weighted by Crippen LogP contribution is 2.34. The van der Waals surface area contributed by atoms with Gasteiger partial charge in [-0.25, -0.2) is 13.2 Å². The van der Waals surface area contributed by atoms with Gasteiger partial charge in [-0.15, -0.1) is 0 Å². The molecule has 14 heteroatoms. The van der Waals surface area contributed by atoms with E-state index in [-0.39, 0.29) is 42.2 Å². The van der Waals surface area contributed by atoms with Crippen LogP contribution in [0.25, 0.3) is 0 Å². The van der Waals surface area contributed by atoms with E-state index in [4.69, 9.17) is 10.5 Å². The summed E-state index contributed by atoms with van der Waals surface area (Å²) in [7, 11) is -3.45. The molecule has 4 aliphatic rings. The Labute approximate surface area is 311 Å². The molecule has 4 atom stereocenters. The molecule has 3 aliphatic carbocycles. The lowest BCUT2D eigenvalue weighted by Crippen LogP contribution is -2.62. The molecule has 1 heterocycles. The molecule has 4 fully saturated rings. The van der Waals surface area contributed by atoms with Gasteiger partial charge in [-0.1, -0.05) is 71.6 Å². The number of ketones is 1. The van der Waals surface area contributed by atoms with Crippen molar-refractivity contribution in [3.05, 3.63) is 0 Å². The molecule has 296 valence electrons. The third kappa shape index (κ3) is 12.1. The Bertz CT molecular complexity index is 1380. The zero-order chi connectivity index (χ0) is 38.3. The number of likely N-dealkylation sites (tertiary alicyclic amines) is 1. The van der Waals surface area contributed by atoms with Crippen molar-refractivity contribution in [1.82, 2.24) is 20.9 Å². The lowest BCUT2D eigenvalue weighted by atomic mass is 9.80. The van der Waals surface area contributed by atoms with Crippen LogP contribution in [0.3, 0.4) is 0 Å². The smallest absolute Gasteiger partial charge is 0.315 e. The van der Waals surface area contributed by atoms with E-state index >= 15 is 0 Å². The summed E-state index contributed by atoms with van der Waals surface area (Å²) in [5, 5.41) is 8.81. The van der Waals surface area contributed by atoms with Gasteiger partial charge in [0.1, 0.15) is 12.1 Å². The summed E-state index contributed by atoms with van der Waals surface area (Å²) in [4.78, 5) is 68.9. The first-order valence-corrected chi connectivity index (χ1v) is 21.6. The monoisotopic (exact) mass is 751 g/mol. The highest BCUT2D eigenvalue weighted by atomic mass is 32.2. The van der Waals surface area contributed by atoms with Crippen molar-refractivity contribution in [1.29, 1.82) is 0 Å². The lowest BCUT2D eigenvalue weighted by molar-refractivity contribution is -0.143. The van der Waals surface area contributed by atoms with Crippen LogP contribution in [0.5, 0.6) is 0 Å². The number of nitrogens with one attached hydrogen (secondary N) is 3. The molecule has 3 unspecified atom stereocenters. The van der Waals surface area contributed by atoms with Crippen LogP contribution in [0.15, 0.2) is 0 Å². The van der Waals surface area contributed by atoms with Crippen LogP contribution in [-0.2, 0) is 33.8 Å². The minimum Gasteiger partial charge on any atom is -0.371 e. The highest BCUT2D eigenvalue weighted by molar-refractivity contribution is 7.91. The number of amides is 5. The molecule has 1 aliphatic heterocycles. The van der Waals surface area contributed by atoms with E-state index in [1.165, 1.54) is 4.90 Å². The number of hydrogen-bond acceptors (Lipinski definition) is 8. The zero-order valence-corrected chi connectivity index (χ0v) is 33.0. The quantitative estimate of drug-likeness (QED) is 0.171. The number of carbonyl (C=O) groups excluding carboxylic acids is 5. The topological polar surface area (TPSA) is 194 Å². The van der Waals surface area contributed by atoms with Crippen molar-refractivity contribution in [2.45, 2.75) is 173 Å². The predicted octanol–water partition coefficient (Wildman–Crippen LogP) is 3.91. The Morgan fingerprint density at radius 1 is 0.904 bits per heavy atom. The number of nitrogens with zero attached hydrogens (tertiary/aromatic N) is 1. The molecule has 4 rings (SSSR count). The van der Waals surface area contributed by atoms with E-state index in [1.807, 2.05) is 34.6 Å². The van der Waals surface area contributed by atoms with Gasteiger partial charge in [-0.05, 0) is 77.0 Å². The van der Waals surface area contributed by atoms with Crippen molar-refractivity contribution >= 4 is 39.4 Å². The van der Waals surface area contributed by atoms with Crippen molar-refractivity contribution in [2.24, 2.45) is 23.5 Å². The first-order chi connectivity index (χ1) is 24.4. The van der Waals surface area contributed by atoms with E-state index in [0.29, 0.717) is 38.5 Å². The van der Waals surface area contributed by atoms with Crippen molar-refractivity contribution in [3.8, 4) is 0 Å². The molecule has 0 aromatic rings. The fraction of sp³-hybridized carbons (Fsp3) is 0.868. The number of rotatable bonds is 16. The van der Waals surface area contributed by atoms with Gasteiger partial charge in [-0.3, -0.25) is 19.2 Å². The molecule has 52 heavy (non-hydrogen) atoms. The molecule has 0 bridgehead atoms. The Balaban J connectivity index is 1.58. The summed E-state index contributed by atoms with van der Waals surface area (Å²) in [5.41, 5.74) is 3.88. The van der Waals surface area contributed by atoms with Gasteiger partial charge in [-0.2, -0.15) is 0 Å². The van der Waals surface area contributed by atoms with Gasteiger partial charge in [0, 0.05) is 13.0 Å². The van der Waals surface area contributed by atoms with Crippen LogP contribution in [0.4, 0.5) is 4.79 Å². The number of carbonyl (C=O) groups is 5. The SMILES string of the molecule is CC(C)CCS(=O)(=O)CC1(NC(=O)N[C@H](C(=O)N2CC(OC(C)(C)C)CC2C(=O)NC(CC2CCC2)C(=O)C(N)=O)C2CCCCC2)CCCCC1. The number of Topliss-reactive ketones (excluding diaryl/α,β-unsaturated/α-hetero) is 1. The lowest BCUT2D eigenvalue weighted by Gasteiger charge is -2.39. The van der Waals surface area contributed by atoms with Crippen LogP contribution in [0.2, 0.25) is 0 Å². The van der Waals surface area contributed by atoms with Gasteiger partial charge in [0.25, 0.3) is 5.91 Å². The van der Waals surface area contributed by atoms with Gasteiger partial charge in [0.05, 0.1) is 34.8 Å². The molecule has 0 radical (unpaired) electrons. The van der Waals surface area contributed by atoms with Crippen LogP contribution in [-0.4, -0.2) is 96.3 Å². The molecule has 13 nitrogen and oxygen atoms in total. The first-order valence-electron chi connectivity index (χ1n) is 19.8. The van der Waals surface area contributed by atoms with Gasteiger partial charge >= 0.3 is 6.03 Å². The predicted molar refractivity (Wildman–Crippen MR) is 199 cm³/mol. The van der Waals surface area contributed by atoms with E-state index in [2.05, 4.69) is 16.0 Å². The molecule has 0 aromatic carbocycles. The Morgan fingerprint density at radius 3 is 2.10 bits per heavy atom. The average Bonchev–Trinajstić information content (AvgIpc) is 3.46. The third-order valence-electron chi connectivity index (χ3n) is 11.4. The van der Waals surface area contributed by atoms with Crippen LogP contribution >= 0.6 is 0 Å². The second kappa shape index (κ2) is 18.1. The minimum absolute atomic E-state index is 0.0572. The first kappa shape index (κ1) is 42.0. The molecule has 1 saturated heterocycles. The molecule has 0 aromatic heterocycles. The Morgan fingerprint density at radius 2 is 1.54 bits per heavy atom. The molecule has 5 amide bonds. The summed E-state index contributed by atoms with van der Waals surface area (Å²) in [6, 6.07) is -3.63. The molecule has 3 saturated carbocycles. The number of ether oxygens (including phenoxy) is 1. The normalized spacial score (nSPS) is 24.1. The molecular formula is C38H65N5O8S. The van der Waals surface area contributed by atoms with E-state index in [0.717, 1.165) is 57.8 Å². The van der Waals surface area contributed by atoms with E-state index < -0.39 is 74.7 Å². The fourth-order valence-corrected chi connectivity index (χ4v) is 10.7. The summed E-state index contributed by atoms with van der Waals surface area (Å²) >= 11 is 0. The minimum atomic E-state index is -3.45. The largest absolute Gasteiger partial charge is 0.371 e.